The highest BCUT2D eigenvalue weighted by atomic mass is 79.9. The van der Waals surface area contributed by atoms with Crippen molar-refractivity contribution in [1.29, 1.82) is 0 Å². The lowest BCUT2D eigenvalue weighted by Crippen LogP contribution is -2.02. The molecule has 0 N–H and O–H groups in total. The third kappa shape index (κ3) is 5.87. The second-order valence-electron chi connectivity index (χ2n) is 6.90. The first kappa shape index (κ1) is 25.5. The molecule has 10 heteroatoms. The zero-order valence-electron chi connectivity index (χ0n) is 18.5. The average molecular weight is 596 g/mol. The molecule has 0 spiro atoms. The van der Waals surface area contributed by atoms with E-state index >= 15 is 0 Å². The van der Waals surface area contributed by atoms with Crippen molar-refractivity contribution in [2.45, 2.75) is 17.6 Å². The van der Waals surface area contributed by atoms with Crippen LogP contribution >= 0.6 is 31.9 Å². The van der Waals surface area contributed by atoms with Gasteiger partial charge in [0.25, 0.3) is 0 Å². The molecule has 2 aromatic carbocycles. The molecule has 0 atom stereocenters. The number of carbonyl (C=O) groups is 1. The van der Waals surface area contributed by atoms with Gasteiger partial charge in [0.15, 0.2) is 11.5 Å². The molecular formula is C24H20Br2O8. The zero-order valence-corrected chi connectivity index (χ0v) is 21.6. The summed E-state index contributed by atoms with van der Waals surface area (Å²) in [5.74, 6) is 1.09. The lowest BCUT2D eigenvalue weighted by atomic mass is 10.1. The van der Waals surface area contributed by atoms with E-state index in [0.717, 1.165) is 21.9 Å². The van der Waals surface area contributed by atoms with Crippen LogP contribution in [0.25, 0.3) is 21.9 Å². The van der Waals surface area contributed by atoms with E-state index < -0.39 is 11.6 Å². The summed E-state index contributed by atoms with van der Waals surface area (Å²) < 4.78 is 25.5. The number of carbonyl (C=O) groups excluding carboxylic acids is 1. The maximum absolute atomic E-state index is 11.4. The Morgan fingerprint density at radius 3 is 1.85 bits per heavy atom. The third-order valence-electron chi connectivity index (χ3n) is 4.69. The van der Waals surface area contributed by atoms with Crippen molar-refractivity contribution in [3.63, 3.8) is 0 Å². The van der Waals surface area contributed by atoms with Crippen LogP contribution in [0.2, 0.25) is 0 Å². The van der Waals surface area contributed by atoms with Crippen molar-refractivity contribution < 1.29 is 27.8 Å². The second kappa shape index (κ2) is 11.3. The van der Waals surface area contributed by atoms with E-state index in [1.807, 2.05) is 0 Å². The number of benzene rings is 2. The van der Waals surface area contributed by atoms with Gasteiger partial charge in [0, 0.05) is 52.6 Å². The predicted molar refractivity (Wildman–Crippen MR) is 135 cm³/mol. The molecule has 0 fully saturated rings. The highest BCUT2D eigenvalue weighted by Crippen LogP contribution is 2.33. The molecule has 4 rings (SSSR count). The summed E-state index contributed by atoms with van der Waals surface area (Å²) in [6, 6.07) is 11.3. The smallest absolute Gasteiger partial charge is 0.336 e. The molecule has 0 aliphatic rings. The molecule has 2 heterocycles. The normalized spacial score (nSPS) is 10.5. The largest absolute Gasteiger partial charge is 0.493 e. The first-order valence-electron chi connectivity index (χ1n) is 9.85. The number of rotatable bonds is 5. The fourth-order valence-corrected chi connectivity index (χ4v) is 4.14. The van der Waals surface area contributed by atoms with Crippen LogP contribution in [0.4, 0.5) is 0 Å². The van der Waals surface area contributed by atoms with Crippen molar-refractivity contribution in [3.05, 3.63) is 74.4 Å². The van der Waals surface area contributed by atoms with Gasteiger partial charge in [-0.2, -0.15) is 0 Å². The third-order valence-corrected chi connectivity index (χ3v) is 5.89. The summed E-state index contributed by atoms with van der Waals surface area (Å²) in [4.78, 5) is 33.5. The van der Waals surface area contributed by atoms with Gasteiger partial charge in [-0.3, -0.25) is 4.79 Å². The van der Waals surface area contributed by atoms with E-state index in [1.54, 1.807) is 31.4 Å². The Balaban J connectivity index is 0.000000191. The van der Waals surface area contributed by atoms with Crippen molar-refractivity contribution in [1.82, 2.24) is 0 Å². The van der Waals surface area contributed by atoms with Gasteiger partial charge < -0.3 is 23.0 Å². The Bertz CT molecular complexity index is 1460. The zero-order chi connectivity index (χ0) is 24.8. The predicted octanol–water partition coefficient (Wildman–Crippen LogP) is 5.32. The van der Waals surface area contributed by atoms with Crippen LogP contribution in [0.15, 0.2) is 60.9 Å². The van der Waals surface area contributed by atoms with Gasteiger partial charge in [0.1, 0.15) is 16.9 Å². The number of hydrogen-bond acceptors (Lipinski definition) is 8. The van der Waals surface area contributed by atoms with Crippen molar-refractivity contribution in [3.8, 4) is 17.2 Å². The highest BCUT2D eigenvalue weighted by molar-refractivity contribution is 9.08. The van der Waals surface area contributed by atoms with Gasteiger partial charge in [-0.15, -0.1) is 0 Å². The highest BCUT2D eigenvalue weighted by Gasteiger charge is 2.11. The van der Waals surface area contributed by atoms with E-state index in [1.165, 1.54) is 32.2 Å². The van der Waals surface area contributed by atoms with Gasteiger partial charge in [-0.1, -0.05) is 31.9 Å². The summed E-state index contributed by atoms with van der Waals surface area (Å²) >= 11 is 6.65. The van der Waals surface area contributed by atoms with Crippen LogP contribution in [-0.2, 0) is 15.5 Å². The minimum absolute atomic E-state index is 0.361. The van der Waals surface area contributed by atoms with E-state index in [-0.39, 0.29) is 5.63 Å². The fourth-order valence-electron chi connectivity index (χ4n) is 3.21. The Hall–Kier alpha value is -3.11. The Labute approximate surface area is 210 Å². The van der Waals surface area contributed by atoms with Crippen LogP contribution in [0.5, 0.6) is 17.2 Å². The van der Waals surface area contributed by atoms with Crippen molar-refractivity contribution >= 4 is 59.8 Å². The Kier molecular flexibility index (Phi) is 8.51. The number of methoxy groups -OCH3 is 2. The number of alkyl halides is 2. The summed E-state index contributed by atoms with van der Waals surface area (Å²) in [6.45, 7) is 1.31. The molecule has 0 saturated heterocycles. The number of hydrogen-bond donors (Lipinski definition) is 0. The topological polar surface area (TPSA) is 105 Å². The monoisotopic (exact) mass is 594 g/mol. The molecule has 0 aliphatic carbocycles. The molecule has 2 aromatic heterocycles. The molecular weight excluding hydrogens is 576 g/mol. The SMILES string of the molecule is CC(=O)Oc1ccc2c(CBr)cc(=O)oc2c1.COc1cc2oc(=O)cc(CBr)c2cc1OC. The minimum Gasteiger partial charge on any atom is -0.493 e. The van der Waals surface area contributed by atoms with Gasteiger partial charge in [-0.05, 0) is 29.3 Å². The van der Waals surface area contributed by atoms with Crippen LogP contribution in [0.1, 0.15) is 18.1 Å². The van der Waals surface area contributed by atoms with Crippen LogP contribution in [0, 0.1) is 0 Å². The molecule has 0 bridgehead atoms. The molecule has 178 valence electrons. The Morgan fingerprint density at radius 2 is 1.32 bits per heavy atom. The lowest BCUT2D eigenvalue weighted by molar-refractivity contribution is -0.131. The van der Waals surface area contributed by atoms with Gasteiger partial charge in [0.05, 0.1) is 14.2 Å². The lowest BCUT2D eigenvalue weighted by Gasteiger charge is -2.09. The number of halogens is 2. The minimum atomic E-state index is -0.424. The maximum atomic E-state index is 11.4. The molecule has 0 saturated carbocycles. The number of esters is 1. The van der Waals surface area contributed by atoms with Crippen molar-refractivity contribution in [2.75, 3.05) is 14.2 Å². The van der Waals surface area contributed by atoms with Gasteiger partial charge in [-0.25, -0.2) is 9.59 Å². The first-order valence-corrected chi connectivity index (χ1v) is 12.1. The molecule has 0 radical (unpaired) electrons. The molecule has 4 aromatic rings. The number of fused-ring (bicyclic) bond motifs is 2. The quantitative estimate of drug-likeness (QED) is 0.132. The first-order chi connectivity index (χ1) is 16.3. The molecule has 8 nitrogen and oxygen atoms in total. The van der Waals surface area contributed by atoms with Crippen LogP contribution in [0.3, 0.4) is 0 Å². The number of ether oxygens (including phenoxy) is 3. The maximum Gasteiger partial charge on any atom is 0.336 e. The molecule has 34 heavy (non-hydrogen) atoms. The fraction of sp³-hybridized carbons (Fsp3) is 0.208. The van der Waals surface area contributed by atoms with E-state index in [4.69, 9.17) is 23.0 Å². The Morgan fingerprint density at radius 1 is 0.794 bits per heavy atom. The van der Waals surface area contributed by atoms with Gasteiger partial charge in [0.2, 0.25) is 0 Å². The summed E-state index contributed by atoms with van der Waals surface area (Å²) in [7, 11) is 3.10. The average Bonchev–Trinajstić information content (AvgIpc) is 2.81. The summed E-state index contributed by atoms with van der Waals surface area (Å²) in [5.41, 5.74) is 1.80. The van der Waals surface area contributed by atoms with E-state index in [9.17, 15) is 14.4 Å². The van der Waals surface area contributed by atoms with Gasteiger partial charge >= 0.3 is 17.2 Å². The summed E-state index contributed by atoms with van der Waals surface area (Å²) in [5, 5.41) is 2.78. The molecule has 0 unspecified atom stereocenters. The van der Waals surface area contributed by atoms with Crippen molar-refractivity contribution in [2.24, 2.45) is 0 Å². The molecule has 0 aliphatic heterocycles. The van der Waals surface area contributed by atoms with E-state index in [0.29, 0.717) is 39.1 Å². The molecule has 0 amide bonds. The summed E-state index contributed by atoms with van der Waals surface area (Å²) in [6.07, 6.45) is 0. The van der Waals surface area contributed by atoms with Crippen LogP contribution in [-0.4, -0.2) is 20.2 Å². The second-order valence-corrected chi connectivity index (χ2v) is 8.03. The standard InChI is InChI=1S/C12H11BrO4.C12H9BrO4/c1-15-10-4-8-7(6-13)3-12(14)17-9(8)5-11(10)16-2;1-7(14)16-9-2-3-10-8(6-13)4-12(15)17-11(10)5-9/h3-5H,6H2,1-2H3;2-5H,6H2,1H3. The van der Waals surface area contributed by atoms with E-state index in [2.05, 4.69) is 31.9 Å². The van der Waals surface area contributed by atoms with Crippen LogP contribution < -0.4 is 25.5 Å².